The lowest BCUT2D eigenvalue weighted by atomic mass is 10.1. The van der Waals surface area contributed by atoms with Gasteiger partial charge in [-0.05, 0) is 31.5 Å². The second-order valence-electron chi connectivity index (χ2n) is 4.87. The van der Waals surface area contributed by atoms with E-state index in [-0.39, 0.29) is 12.5 Å². The van der Waals surface area contributed by atoms with E-state index in [9.17, 15) is 9.59 Å². The van der Waals surface area contributed by atoms with Crippen LogP contribution in [0.3, 0.4) is 0 Å². The molecule has 0 spiro atoms. The molecule has 1 amide bonds. The summed E-state index contributed by atoms with van der Waals surface area (Å²) in [5.74, 6) is -0.425. The molecule has 0 aliphatic carbocycles. The highest BCUT2D eigenvalue weighted by Gasteiger charge is 2.31. The third kappa shape index (κ3) is 3.26. The summed E-state index contributed by atoms with van der Waals surface area (Å²) in [7, 11) is 1.52. The number of benzene rings is 1. The first kappa shape index (κ1) is 15.2. The summed E-state index contributed by atoms with van der Waals surface area (Å²) >= 11 is 0. The monoisotopic (exact) mass is 293 g/mol. The number of carboxylic acid groups (broad SMARTS) is 1. The van der Waals surface area contributed by atoms with Gasteiger partial charge in [-0.2, -0.15) is 0 Å². The molecule has 0 bridgehead atoms. The van der Waals surface area contributed by atoms with Crippen molar-refractivity contribution in [1.82, 2.24) is 4.90 Å². The quantitative estimate of drug-likeness (QED) is 0.893. The van der Waals surface area contributed by atoms with Crippen molar-refractivity contribution in [3.05, 3.63) is 23.8 Å². The summed E-state index contributed by atoms with van der Waals surface area (Å²) in [6.07, 6.45) is 0.495. The maximum atomic E-state index is 12.4. The third-order valence-corrected chi connectivity index (χ3v) is 3.54. The van der Waals surface area contributed by atoms with E-state index in [0.717, 1.165) is 0 Å². The number of ether oxygens (including phenoxy) is 2. The third-order valence-electron chi connectivity index (χ3n) is 3.54. The lowest BCUT2D eigenvalue weighted by Gasteiger charge is -2.17. The highest BCUT2D eigenvalue weighted by molar-refractivity contribution is 5.95. The van der Waals surface area contributed by atoms with Crippen LogP contribution in [-0.4, -0.2) is 48.7 Å². The van der Waals surface area contributed by atoms with Gasteiger partial charge in [0.15, 0.2) is 11.5 Å². The van der Waals surface area contributed by atoms with Crippen LogP contribution in [0.25, 0.3) is 0 Å². The van der Waals surface area contributed by atoms with Gasteiger partial charge in [0.25, 0.3) is 5.91 Å². The summed E-state index contributed by atoms with van der Waals surface area (Å²) in [6.45, 7) is 3.10. The lowest BCUT2D eigenvalue weighted by Crippen LogP contribution is -2.29. The number of carboxylic acids is 1. The molecule has 1 aliphatic heterocycles. The highest BCUT2D eigenvalue weighted by Crippen LogP contribution is 2.29. The van der Waals surface area contributed by atoms with E-state index in [0.29, 0.717) is 36.6 Å². The van der Waals surface area contributed by atoms with Crippen LogP contribution in [0, 0.1) is 5.92 Å². The van der Waals surface area contributed by atoms with Gasteiger partial charge in [0.2, 0.25) is 0 Å². The predicted molar refractivity (Wildman–Crippen MR) is 75.8 cm³/mol. The minimum absolute atomic E-state index is 0.180. The van der Waals surface area contributed by atoms with Crippen molar-refractivity contribution in [2.75, 3.05) is 26.8 Å². The topological polar surface area (TPSA) is 76.1 Å². The Labute approximate surface area is 123 Å². The van der Waals surface area contributed by atoms with E-state index >= 15 is 0 Å². The van der Waals surface area contributed by atoms with Crippen molar-refractivity contribution in [3.8, 4) is 11.5 Å². The largest absolute Gasteiger partial charge is 0.493 e. The molecule has 1 heterocycles. The Hall–Kier alpha value is -2.24. The minimum Gasteiger partial charge on any atom is -0.493 e. The van der Waals surface area contributed by atoms with Gasteiger partial charge in [0.1, 0.15) is 0 Å². The first-order valence-corrected chi connectivity index (χ1v) is 6.89. The molecule has 1 N–H and O–H groups in total. The number of methoxy groups -OCH3 is 1. The number of rotatable bonds is 5. The molecule has 1 aromatic rings. The van der Waals surface area contributed by atoms with E-state index < -0.39 is 11.9 Å². The Balaban J connectivity index is 2.14. The van der Waals surface area contributed by atoms with Crippen LogP contribution in [0.5, 0.6) is 11.5 Å². The molecule has 0 aromatic heterocycles. The summed E-state index contributed by atoms with van der Waals surface area (Å²) in [6, 6.07) is 4.99. The first-order chi connectivity index (χ1) is 10.1. The smallest absolute Gasteiger partial charge is 0.308 e. The van der Waals surface area contributed by atoms with Gasteiger partial charge in [-0.15, -0.1) is 0 Å². The van der Waals surface area contributed by atoms with Gasteiger partial charge in [-0.25, -0.2) is 0 Å². The molecule has 1 aromatic carbocycles. The second-order valence-corrected chi connectivity index (χ2v) is 4.87. The molecule has 0 unspecified atom stereocenters. The summed E-state index contributed by atoms with van der Waals surface area (Å²) in [4.78, 5) is 24.9. The Kier molecular flexibility index (Phi) is 4.67. The fourth-order valence-corrected chi connectivity index (χ4v) is 2.40. The molecule has 21 heavy (non-hydrogen) atoms. The van der Waals surface area contributed by atoms with Crippen molar-refractivity contribution in [2.45, 2.75) is 13.3 Å². The van der Waals surface area contributed by atoms with Gasteiger partial charge in [-0.3, -0.25) is 9.59 Å². The summed E-state index contributed by atoms with van der Waals surface area (Å²) in [5, 5.41) is 8.99. The number of nitrogens with zero attached hydrogens (tertiary/aromatic N) is 1. The first-order valence-electron chi connectivity index (χ1n) is 6.89. The van der Waals surface area contributed by atoms with Crippen LogP contribution in [0.1, 0.15) is 23.7 Å². The van der Waals surface area contributed by atoms with Crippen LogP contribution < -0.4 is 9.47 Å². The van der Waals surface area contributed by atoms with Crippen molar-refractivity contribution in [1.29, 1.82) is 0 Å². The van der Waals surface area contributed by atoms with Crippen LogP contribution in [0.15, 0.2) is 18.2 Å². The number of carbonyl (C=O) groups excluding carboxylic acids is 1. The second kappa shape index (κ2) is 6.47. The number of likely N-dealkylation sites (tertiary alicyclic amines) is 1. The molecule has 1 atom stereocenters. The molecule has 0 radical (unpaired) electrons. The zero-order valence-corrected chi connectivity index (χ0v) is 12.2. The SMILES string of the molecule is CCOc1ccc(C(=O)N2CC[C@H](C(=O)O)C2)cc1OC. The maximum absolute atomic E-state index is 12.4. The molecule has 6 heteroatoms. The van der Waals surface area contributed by atoms with Crippen LogP contribution in [0.2, 0.25) is 0 Å². The highest BCUT2D eigenvalue weighted by atomic mass is 16.5. The Morgan fingerprint density at radius 1 is 1.38 bits per heavy atom. The van der Waals surface area contributed by atoms with Crippen molar-refractivity contribution in [3.63, 3.8) is 0 Å². The van der Waals surface area contributed by atoms with E-state index in [1.807, 2.05) is 6.92 Å². The van der Waals surface area contributed by atoms with Crippen LogP contribution >= 0.6 is 0 Å². The van der Waals surface area contributed by atoms with Gasteiger partial charge >= 0.3 is 5.97 Å². The van der Waals surface area contributed by atoms with Gasteiger partial charge < -0.3 is 19.5 Å². The van der Waals surface area contributed by atoms with Crippen molar-refractivity contribution < 1.29 is 24.2 Å². The van der Waals surface area contributed by atoms with Gasteiger partial charge in [-0.1, -0.05) is 0 Å². The number of aliphatic carboxylic acids is 1. The van der Waals surface area contributed by atoms with Crippen molar-refractivity contribution >= 4 is 11.9 Å². The molecule has 1 saturated heterocycles. The lowest BCUT2D eigenvalue weighted by molar-refractivity contribution is -0.141. The average Bonchev–Trinajstić information content (AvgIpc) is 2.97. The Morgan fingerprint density at radius 3 is 2.71 bits per heavy atom. The fourth-order valence-electron chi connectivity index (χ4n) is 2.40. The molecule has 114 valence electrons. The zero-order valence-electron chi connectivity index (χ0n) is 12.2. The van der Waals surface area contributed by atoms with Gasteiger partial charge in [0, 0.05) is 18.7 Å². The standard InChI is InChI=1S/C15H19NO5/c1-3-21-12-5-4-10(8-13(12)20-2)14(17)16-7-6-11(9-16)15(18)19/h4-5,8,11H,3,6-7,9H2,1-2H3,(H,18,19)/t11-/m0/s1. The summed E-state index contributed by atoms with van der Waals surface area (Å²) in [5.41, 5.74) is 0.473. The normalized spacial score (nSPS) is 17.6. The van der Waals surface area contributed by atoms with Gasteiger partial charge in [0.05, 0.1) is 19.6 Å². The predicted octanol–water partition coefficient (Wildman–Crippen LogP) is 1.64. The Bertz CT molecular complexity index is 543. The molecule has 6 nitrogen and oxygen atoms in total. The summed E-state index contributed by atoms with van der Waals surface area (Å²) < 4.78 is 10.6. The van der Waals surface area contributed by atoms with E-state index in [1.54, 1.807) is 23.1 Å². The Morgan fingerprint density at radius 2 is 2.14 bits per heavy atom. The fraction of sp³-hybridized carbons (Fsp3) is 0.467. The van der Waals surface area contributed by atoms with Crippen LogP contribution in [-0.2, 0) is 4.79 Å². The van der Waals surface area contributed by atoms with Crippen LogP contribution in [0.4, 0.5) is 0 Å². The number of amides is 1. The number of hydrogen-bond donors (Lipinski definition) is 1. The molecule has 2 rings (SSSR count). The zero-order chi connectivity index (χ0) is 15.4. The van der Waals surface area contributed by atoms with E-state index in [1.165, 1.54) is 7.11 Å². The minimum atomic E-state index is -0.852. The molecular formula is C15H19NO5. The average molecular weight is 293 g/mol. The number of hydrogen-bond acceptors (Lipinski definition) is 4. The molecule has 0 saturated carbocycles. The molecule has 1 aliphatic rings. The van der Waals surface area contributed by atoms with E-state index in [4.69, 9.17) is 14.6 Å². The van der Waals surface area contributed by atoms with E-state index in [2.05, 4.69) is 0 Å². The number of carbonyl (C=O) groups is 2. The maximum Gasteiger partial charge on any atom is 0.308 e. The molecular weight excluding hydrogens is 274 g/mol. The molecule has 1 fully saturated rings. The van der Waals surface area contributed by atoms with Crippen molar-refractivity contribution in [2.24, 2.45) is 5.92 Å².